The van der Waals surface area contributed by atoms with Gasteiger partial charge in [-0.3, -0.25) is 9.88 Å². The molecule has 1 aromatic carbocycles. The van der Waals surface area contributed by atoms with Crippen molar-refractivity contribution in [2.45, 2.75) is 19.0 Å². The summed E-state index contributed by atoms with van der Waals surface area (Å²) in [6, 6.07) is 11.4. The van der Waals surface area contributed by atoms with E-state index in [2.05, 4.69) is 4.98 Å². The van der Waals surface area contributed by atoms with Gasteiger partial charge in [-0.1, -0.05) is 41.9 Å². The topological polar surface area (TPSA) is 53.4 Å². The van der Waals surface area contributed by atoms with Crippen LogP contribution in [0.4, 0.5) is 4.79 Å². The van der Waals surface area contributed by atoms with Crippen molar-refractivity contribution in [3.05, 3.63) is 64.4 Å². The number of carboxylic acid groups (broad SMARTS) is 1. The number of hydrogen-bond acceptors (Lipinski definition) is 2. The predicted molar refractivity (Wildman–Crippen MR) is 75.7 cm³/mol. The minimum Gasteiger partial charge on any atom is -0.465 e. The molecule has 1 aromatic heterocycles. The Morgan fingerprint density at radius 3 is 2.85 bits per heavy atom. The number of hydrogen-bond donors (Lipinski definition) is 1. The van der Waals surface area contributed by atoms with Gasteiger partial charge in [0.25, 0.3) is 0 Å². The summed E-state index contributed by atoms with van der Waals surface area (Å²) in [5, 5.41) is 9.90. The van der Waals surface area contributed by atoms with Crippen molar-refractivity contribution in [1.29, 1.82) is 0 Å². The number of nitrogens with zero attached hydrogens (tertiary/aromatic N) is 2. The van der Waals surface area contributed by atoms with Crippen LogP contribution < -0.4 is 0 Å². The van der Waals surface area contributed by atoms with Gasteiger partial charge >= 0.3 is 6.09 Å². The van der Waals surface area contributed by atoms with Crippen molar-refractivity contribution >= 4 is 17.7 Å². The van der Waals surface area contributed by atoms with E-state index >= 15 is 0 Å². The molecule has 0 aliphatic carbocycles. The van der Waals surface area contributed by atoms with E-state index in [1.165, 1.54) is 4.90 Å². The first-order valence-corrected chi connectivity index (χ1v) is 6.71. The van der Waals surface area contributed by atoms with Crippen LogP contribution in [0.25, 0.3) is 0 Å². The normalized spacial score (nSPS) is 17.1. The molecule has 2 heterocycles. The zero-order chi connectivity index (χ0) is 14.1. The molecule has 4 nitrogen and oxygen atoms in total. The standard InChI is InChI=1S/C15H13ClN2O2/c16-12-7-11-9-18(15(19)20)13(14(11)17-8-12)6-10-4-2-1-3-5-10/h1-5,7-8,13H,6,9H2,(H,19,20). The van der Waals surface area contributed by atoms with Gasteiger partial charge < -0.3 is 5.11 Å². The Labute approximate surface area is 121 Å². The molecule has 2 aromatic rings. The SMILES string of the molecule is O=C(O)N1Cc2cc(Cl)cnc2C1Cc1ccccc1. The van der Waals surface area contributed by atoms with Crippen molar-refractivity contribution in [2.24, 2.45) is 0 Å². The molecule has 0 fully saturated rings. The maximum absolute atomic E-state index is 11.4. The smallest absolute Gasteiger partial charge is 0.408 e. The monoisotopic (exact) mass is 288 g/mol. The fraction of sp³-hybridized carbons (Fsp3) is 0.200. The second kappa shape index (κ2) is 5.13. The lowest BCUT2D eigenvalue weighted by Gasteiger charge is -2.21. The van der Waals surface area contributed by atoms with Gasteiger partial charge in [0, 0.05) is 6.20 Å². The van der Waals surface area contributed by atoms with Crippen LogP contribution in [-0.2, 0) is 13.0 Å². The van der Waals surface area contributed by atoms with Crippen molar-refractivity contribution in [1.82, 2.24) is 9.88 Å². The van der Waals surface area contributed by atoms with E-state index < -0.39 is 6.09 Å². The number of halogens is 1. The molecule has 0 saturated carbocycles. The molecule has 0 bridgehead atoms. The lowest BCUT2D eigenvalue weighted by molar-refractivity contribution is 0.128. The summed E-state index contributed by atoms with van der Waals surface area (Å²) in [7, 11) is 0. The average Bonchev–Trinajstić information content (AvgIpc) is 2.78. The maximum Gasteiger partial charge on any atom is 0.408 e. The second-order valence-corrected chi connectivity index (χ2v) is 5.25. The summed E-state index contributed by atoms with van der Waals surface area (Å²) in [4.78, 5) is 17.2. The van der Waals surface area contributed by atoms with E-state index in [-0.39, 0.29) is 6.04 Å². The van der Waals surface area contributed by atoms with Gasteiger partial charge in [-0.05, 0) is 23.6 Å². The minimum absolute atomic E-state index is 0.248. The number of carbonyl (C=O) groups is 1. The van der Waals surface area contributed by atoms with Crippen molar-refractivity contribution in [3.8, 4) is 0 Å². The van der Waals surface area contributed by atoms with Crippen molar-refractivity contribution in [2.75, 3.05) is 0 Å². The van der Waals surface area contributed by atoms with Crippen LogP contribution in [0.3, 0.4) is 0 Å². The molecular weight excluding hydrogens is 276 g/mol. The first kappa shape index (κ1) is 12.9. The Morgan fingerprint density at radius 2 is 2.15 bits per heavy atom. The molecule has 3 rings (SSSR count). The van der Waals surface area contributed by atoms with Gasteiger partial charge in [0.2, 0.25) is 0 Å². The number of pyridine rings is 1. The van der Waals surface area contributed by atoms with Gasteiger partial charge in [0.1, 0.15) is 0 Å². The van der Waals surface area contributed by atoms with Crippen LogP contribution in [0.15, 0.2) is 42.6 Å². The lowest BCUT2D eigenvalue weighted by atomic mass is 10.0. The third kappa shape index (κ3) is 2.34. The third-order valence-electron chi connectivity index (χ3n) is 3.52. The second-order valence-electron chi connectivity index (χ2n) is 4.81. The van der Waals surface area contributed by atoms with E-state index in [1.807, 2.05) is 30.3 Å². The molecule has 0 radical (unpaired) electrons. The Kier molecular flexibility index (Phi) is 3.32. The molecule has 1 amide bonds. The summed E-state index contributed by atoms with van der Waals surface area (Å²) >= 11 is 5.93. The van der Waals surface area contributed by atoms with Crippen LogP contribution in [0.1, 0.15) is 22.9 Å². The van der Waals surface area contributed by atoms with Crippen molar-refractivity contribution < 1.29 is 9.90 Å². The molecule has 1 N–H and O–H groups in total. The molecule has 1 unspecified atom stereocenters. The molecule has 1 atom stereocenters. The Hall–Kier alpha value is -2.07. The first-order valence-electron chi connectivity index (χ1n) is 6.33. The van der Waals surface area contributed by atoms with E-state index in [1.54, 1.807) is 12.3 Å². The zero-order valence-electron chi connectivity index (χ0n) is 10.7. The largest absolute Gasteiger partial charge is 0.465 e. The van der Waals surface area contributed by atoms with Gasteiger partial charge in [-0.15, -0.1) is 0 Å². The zero-order valence-corrected chi connectivity index (χ0v) is 11.4. The molecule has 102 valence electrons. The highest BCUT2D eigenvalue weighted by atomic mass is 35.5. The Balaban J connectivity index is 1.96. The minimum atomic E-state index is -0.931. The molecular formula is C15H13ClN2O2. The Morgan fingerprint density at radius 1 is 1.40 bits per heavy atom. The number of rotatable bonds is 2. The Bertz CT molecular complexity index is 646. The fourth-order valence-corrected chi connectivity index (χ4v) is 2.79. The van der Waals surface area contributed by atoms with E-state index in [0.717, 1.165) is 16.8 Å². The first-order chi connectivity index (χ1) is 9.65. The molecule has 1 aliphatic rings. The van der Waals surface area contributed by atoms with Gasteiger partial charge in [-0.25, -0.2) is 4.79 Å². The third-order valence-corrected chi connectivity index (χ3v) is 3.72. The lowest BCUT2D eigenvalue weighted by Crippen LogP contribution is -2.29. The molecule has 5 heteroatoms. The highest BCUT2D eigenvalue weighted by Gasteiger charge is 2.34. The van der Waals surface area contributed by atoms with E-state index in [9.17, 15) is 9.90 Å². The van der Waals surface area contributed by atoms with Crippen LogP contribution in [0.5, 0.6) is 0 Å². The summed E-state index contributed by atoms with van der Waals surface area (Å²) in [5.41, 5.74) is 2.79. The van der Waals surface area contributed by atoms with Gasteiger partial charge in [0.15, 0.2) is 0 Å². The summed E-state index contributed by atoms with van der Waals surface area (Å²) in [6.45, 7) is 0.343. The maximum atomic E-state index is 11.4. The number of amides is 1. The van der Waals surface area contributed by atoms with Crippen LogP contribution >= 0.6 is 11.6 Å². The van der Waals surface area contributed by atoms with E-state index in [4.69, 9.17) is 11.6 Å². The summed E-state index contributed by atoms with van der Waals surface area (Å²) in [6.07, 6.45) is 1.26. The molecule has 20 heavy (non-hydrogen) atoms. The van der Waals surface area contributed by atoms with Crippen LogP contribution in [0, 0.1) is 0 Å². The fourth-order valence-electron chi connectivity index (χ4n) is 2.60. The quantitative estimate of drug-likeness (QED) is 0.920. The highest BCUT2D eigenvalue weighted by molar-refractivity contribution is 6.30. The average molecular weight is 289 g/mol. The molecule has 1 aliphatic heterocycles. The van der Waals surface area contributed by atoms with Crippen molar-refractivity contribution in [3.63, 3.8) is 0 Å². The number of fused-ring (bicyclic) bond motifs is 1. The molecule has 0 saturated heterocycles. The summed E-state index contributed by atoms with van der Waals surface area (Å²) < 4.78 is 0. The number of aromatic nitrogens is 1. The van der Waals surface area contributed by atoms with Crippen LogP contribution in [-0.4, -0.2) is 21.1 Å². The van der Waals surface area contributed by atoms with Gasteiger partial charge in [-0.2, -0.15) is 0 Å². The predicted octanol–water partition coefficient (Wildman–Crippen LogP) is 3.51. The molecule has 0 spiro atoms. The summed E-state index contributed by atoms with van der Waals surface area (Å²) in [5.74, 6) is 0. The highest BCUT2D eigenvalue weighted by Crippen LogP contribution is 2.35. The van der Waals surface area contributed by atoms with Crippen LogP contribution in [0.2, 0.25) is 5.02 Å². The van der Waals surface area contributed by atoms with Gasteiger partial charge in [0.05, 0.1) is 23.3 Å². The number of benzene rings is 1. The van der Waals surface area contributed by atoms with E-state index in [0.29, 0.717) is 18.0 Å².